The number of para-hydroxylation sites is 1. The molecule has 0 atom stereocenters. The maximum Gasteiger partial charge on any atom is 0.240 e. The molecule has 0 aliphatic rings. The van der Waals surface area contributed by atoms with Crippen molar-refractivity contribution in [1.29, 1.82) is 0 Å². The van der Waals surface area contributed by atoms with Crippen molar-refractivity contribution in [2.45, 2.75) is 24.7 Å². The molecule has 2 aromatic rings. The smallest absolute Gasteiger partial charge is 0.240 e. The fourth-order valence-electron chi connectivity index (χ4n) is 2.34. The summed E-state index contributed by atoms with van der Waals surface area (Å²) in [4.78, 5) is 0.190. The Labute approximate surface area is 149 Å². The maximum absolute atomic E-state index is 12.3. The molecule has 0 heterocycles. The van der Waals surface area contributed by atoms with Crippen molar-refractivity contribution in [2.24, 2.45) is 0 Å². The summed E-state index contributed by atoms with van der Waals surface area (Å²) >= 11 is 0. The van der Waals surface area contributed by atoms with E-state index in [0.717, 1.165) is 12.0 Å². The molecule has 6 nitrogen and oxygen atoms in total. The van der Waals surface area contributed by atoms with Gasteiger partial charge in [0.15, 0.2) is 11.5 Å². The van der Waals surface area contributed by atoms with E-state index in [0.29, 0.717) is 30.2 Å². The molecule has 0 spiro atoms. The molecule has 2 rings (SSSR count). The van der Waals surface area contributed by atoms with E-state index in [2.05, 4.69) is 4.72 Å². The van der Waals surface area contributed by atoms with E-state index >= 15 is 0 Å². The quantitative estimate of drug-likeness (QED) is 0.668. The molecule has 0 bridgehead atoms. The molecule has 7 heteroatoms. The van der Waals surface area contributed by atoms with Crippen LogP contribution in [0.25, 0.3) is 0 Å². The van der Waals surface area contributed by atoms with Gasteiger partial charge in [0, 0.05) is 12.2 Å². The molecule has 0 saturated carbocycles. The highest BCUT2D eigenvalue weighted by molar-refractivity contribution is 7.89. The second-order valence-electron chi connectivity index (χ2n) is 5.51. The summed E-state index contributed by atoms with van der Waals surface area (Å²) in [5.74, 6) is 1.31. The predicted molar refractivity (Wildman–Crippen MR) is 98.5 cm³/mol. The summed E-state index contributed by atoms with van der Waals surface area (Å²) in [5, 5.41) is 0. The van der Waals surface area contributed by atoms with E-state index in [-0.39, 0.29) is 11.4 Å². The summed E-state index contributed by atoms with van der Waals surface area (Å²) in [7, 11) is -1.99. The standard InChI is InChI=1S/C18H24N2O4S/c1-3-13-24-18-14(5-4-6-17(18)23-2)11-12-20-25(21,22)16-9-7-15(19)8-10-16/h4-10,20H,3,11-13,19H2,1-2H3. The van der Waals surface area contributed by atoms with Gasteiger partial charge in [-0.05, 0) is 48.7 Å². The molecule has 0 radical (unpaired) electrons. The Balaban J connectivity index is 2.07. The molecular weight excluding hydrogens is 340 g/mol. The first-order valence-electron chi connectivity index (χ1n) is 8.12. The molecule has 0 amide bonds. The third-order valence-electron chi connectivity index (χ3n) is 3.61. The minimum Gasteiger partial charge on any atom is -0.493 e. The molecular formula is C18H24N2O4S. The largest absolute Gasteiger partial charge is 0.493 e. The number of rotatable bonds is 9. The molecule has 0 unspecified atom stereocenters. The van der Waals surface area contributed by atoms with Gasteiger partial charge in [-0.15, -0.1) is 0 Å². The number of hydrogen-bond donors (Lipinski definition) is 2. The van der Waals surface area contributed by atoms with Gasteiger partial charge in [0.05, 0.1) is 18.6 Å². The predicted octanol–water partition coefficient (Wildman–Crippen LogP) is 2.59. The Kier molecular flexibility index (Phi) is 6.66. The number of methoxy groups -OCH3 is 1. The first-order valence-corrected chi connectivity index (χ1v) is 9.60. The summed E-state index contributed by atoms with van der Waals surface area (Å²) in [6, 6.07) is 11.7. The van der Waals surface area contributed by atoms with Crippen LogP contribution >= 0.6 is 0 Å². The third kappa shape index (κ3) is 5.11. The fraction of sp³-hybridized carbons (Fsp3) is 0.333. The highest BCUT2D eigenvalue weighted by Gasteiger charge is 2.15. The molecule has 2 aromatic carbocycles. The second kappa shape index (κ2) is 8.73. The van der Waals surface area contributed by atoms with Crippen LogP contribution in [0.2, 0.25) is 0 Å². The van der Waals surface area contributed by atoms with Crippen molar-refractivity contribution in [3.63, 3.8) is 0 Å². The van der Waals surface area contributed by atoms with Crippen molar-refractivity contribution in [2.75, 3.05) is 26.0 Å². The number of anilines is 1. The average molecular weight is 364 g/mol. The van der Waals surface area contributed by atoms with Crippen molar-refractivity contribution in [3.05, 3.63) is 48.0 Å². The zero-order chi connectivity index (χ0) is 18.3. The van der Waals surface area contributed by atoms with Gasteiger partial charge >= 0.3 is 0 Å². The highest BCUT2D eigenvalue weighted by Crippen LogP contribution is 2.31. The van der Waals surface area contributed by atoms with Crippen molar-refractivity contribution in [1.82, 2.24) is 4.72 Å². The molecule has 0 saturated heterocycles. The minimum absolute atomic E-state index is 0.190. The number of hydrogen-bond acceptors (Lipinski definition) is 5. The van der Waals surface area contributed by atoms with Crippen molar-refractivity contribution < 1.29 is 17.9 Å². The van der Waals surface area contributed by atoms with Gasteiger partial charge in [-0.1, -0.05) is 19.1 Å². The Bertz CT molecular complexity index is 789. The number of ether oxygens (including phenoxy) is 2. The van der Waals surface area contributed by atoms with Crippen LogP contribution < -0.4 is 19.9 Å². The van der Waals surface area contributed by atoms with E-state index in [9.17, 15) is 8.42 Å². The number of sulfonamides is 1. The van der Waals surface area contributed by atoms with Crippen LogP contribution in [0.3, 0.4) is 0 Å². The first-order chi connectivity index (χ1) is 12.0. The molecule has 25 heavy (non-hydrogen) atoms. The topological polar surface area (TPSA) is 90.7 Å². The lowest BCUT2D eigenvalue weighted by Crippen LogP contribution is -2.26. The summed E-state index contributed by atoms with van der Waals surface area (Å²) in [6.07, 6.45) is 1.37. The van der Waals surface area contributed by atoms with E-state index in [1.165, 1.54) is 12.1 Å². The molecule has 0 aliphatic carbocycles. The molecule has 136 valence electrons. The summed E-state index contributed by atoms with van der Waals surface area (Å²) < 4.78 is 38.3. The van der Waals surface area contributed by atoms with Crippen LogP contribution in [-0.4, -0.2) is 28.7 Å². The lowest BCUT2D eigenvalue weighted by Gasteiger charge is -2.15. The summed E-state index contributed by atoms with van der Waals surface area (Å²) in [6.45, 7) is 2.85. The van der Waals surface area contributed by atoms with Gasteiger partial charge in [0.1, 0.15) is 0 Å². The van der Waals surface area contributed by atoms with Gasteiger partial charge in [0.2, 0.25) is 10.0 Å². The Morgan fingerprint density at radius 1 is 1.12 bits per heavy atom. The van der Waals surface area contributed by atoms with E-state index in [1.807, 2.05) is 25.1 Å². The summed E-state index contributed by atoms with van der Waals surface area (Å²) in [5.41, 5.74) is 7.01. The zero-order valence-electron chi connectivity index (χ0n) is 14.5. The number of nitrogens with one attached hydrogen (secondary N) is 1. The fourth-order valence-corrected chi connectivity index (χ4v) is 3.37. The normalized spacial score (nSPS) is 11.3. The SMILES string of the molecule is CCCOc1c(CCNS(=O)(=O)c2ccc(N)cc2)cccc1OC. The van der Waals surface area contributed by atoms with E-state index < -0.39 is 10.0 Å². The van der Waals surface area contributed by atoms with Gasteiger partial charge < -0.3 is 15.2 Å². The van der Waals surface area contributed by atoms with Crippen LogP contribution in [0.4, 0.5) is 5.69 Å². The lowest BCUT2D eigenvalue weighted by atomic mass is 10.1. The first kappa shape index (κ1) is 19.1. The monoisotopic (exact) mass is 364 g/mol. The maximum atomic E-state index is 12.3. The van der Waals surface area contributed by atoms with Crippen LogP contribution in [0, 0.1) is 0 Å². The van der Waals surface area contributed by atoms with Gasteiger partial charge in [-0.2, -0.15) is 0 Å². The van der Waals surface area contributed by atoms with Crippen LogP contribution in [-0.2, 0) is 16.4 Å². The zero-order valence-corrected chi connectivity index (χ0v) is 15.3. The van der Waals surface area contributed by atoms with Crippen molar-refractivity contribution in [3.8, 4) is 11.5 Å². The molecule has 0 fully saturated rings. The minimum atomic E-state index is -3.57. The molecule has 3 N–H and O–H groups in total. The number of benzene rings is 2. The lowest BCUT2D eigenvalue weighted by molar-refractivity contribution is 0.291. The third-order valence-corrected chi connectivity index (χ3v) is 5.08. The molecule has 0 aliphatic heterocycles. The van der Waals surface area contributed by atoms with Gasteiger partial charge in [-0.3, -0.25) is 0 Å². The van der Waals surface area contributed by atoms with E-state index in [4.69, 9.17) is 15.2 Å². The molecule has 0 aromatic heterocycles. The second-order valence-corrected chi connectivity index (χ2v) is 7.28. The van der Waals surface area contributed by atoms with Gasteiger partial charge in [0.25, 0.3) is 0 Å². The van der Waals surface area contributed by atoms with Crippen LogP contribution in [0.1, 0.15) is 18.9 Å². The Hall–Kier alpha value is -2.25. The van der Waals surface area contributed by atoms with Gasteiger partial charge in [-0.25, -0.2) is 13.1 Å². The van der Waals surface area contributed by atoms with Crippen molar-refractivity contribution >= 4 is 15.7 Å². The van der Waals surface area contributed by atoms with Crippen LogP contribution in [0.5, 0.6) is 11.5 Å². The highest BCUT2D eigenvalue weighted by atomic mass is 32.2. The average Bonchev–Trinajstić information content (AvgIpc) is 2.60. The van der Waals surface area contributed by atoms with Crippen LogP contribution in [0.15, 0.2) is 47.4 Å². The Morgan fingerprint density at radius 3 is 2.48 bits per heavy atom. The van der Waals surface area contributed by atoms with E-state index in [1.54, 1.807) is 19.2 Å². The Morgan fingerprint density at radius 2 is 1.84 bits per heavy atom. The number of nitrogen functional groups attached to an aromatic ring is 1. The number of nitrogens with two attached hydrogens (primary N) is 1.